The quantitative estimate of drug-likeness (QED) is 0.755. The van der Waals surface area contributed by atoms with E-state index in [4.69, 9.17) is 4.42 Å². The van der Waals surface area contributed by atoms with Crippen LogP contribution >= 0.6 is 0 Å². The van der Waals surface area contributed by atoms with E-state index in [0.717, 1.165) is 5.76 Å². The number of oxazole rings is 1. The van der Waals surface area contributed by atoms with Crippen molar-refractivity contribution in [3.63, 3.8) is 0 Å². The molecule has 1 aromatic heterocycles. The molecule has 0 aliphatic rings. The van der Waals surface area contributed by atoms with Crippen molar-refractivity contribution in [3.05, 3.63) is 18.4 Å². The summed E-state index contributed by atoms with van der Waals surface area (Å²) >= 11 is 0. The van der Waals surface area contributed by atoms with Gasteiger partial charge in [0.15, 0.2) is 6.39 Å². The van der Waals surface area contributed by atoms with E-state index in [9.17, 15) is 4.79 Å². The van der Waals surface area contributed by atoms with Crippen molar-refractivity contribution in [2.45, 2.75) is 33.4 Å². The van der Waals surface area contributed by atoms with Crippen molar-refractivity contribution in [2.75, 3.05) is 6.54 Å². The Balaban J connectivity index is 2.23. The Morgan fingerprint density at radius 3 is 2.81 bits per heavy atom. The lowest BCUT2D eigenvalue weighted by Crippen LogP contribution is -2.42. The molecule has 0 saturated heterocycles. The Morgan fingerprint density at radius 1 is 1.50 bits per heavy atom. The number of carbonyl (C=O) groups is 1. The smallest absolute Gasteiger partial charge is 0.236 e. The van der Waals surface area contributed by atoms with Gasteiger partial charge in [-0.3, -0.25) is 10.1 Å². The van der Waals surface area contributed by atoms with Crippen LogP contribution < -0.4 is 10.6 Å². The Kier molecular flexibility index (Phi) is 4.98. The van der Waals surface area contributed by atoms with E-state index in [1.165, 1.54) is 6.39 Å². The maximum atomic E-state index is 11.6. The minimum absolute atomic E-state index is 0.00761. The monoisotopic (exact) mass is 225 g/mol. The lowest BCUT2D eigenvalue weighted by molar-refractivity contribution is -0.122. The number of carbonyl (C=O) groups excluding carboxylic acids is 1. The molecule has 0 saturated carbocycles. The number of aromatic nitrogens is 1. The van der Waals surface area contributed by atoms with Crippen LogP contribution in [0.15, 0.2) is 17.0 Å². The minimum Gasteiger partial charge on any atom is -0.447 e. The first-order valence-corrected chi connectivity index (χ1v) is 5.48. The molecule has 90 valence electrons. The molecule has 1 heterocycles. The van der Waals surface area contributed by atoms with E-state index in [1.54, 1.807) is 6.20 Å². The predicted octanol–water partition coefficient (Wildman–Crippen LogP) is 0.925. The number of hydrogen-bond acceptors (Lipinski definition) is 4. The first kappa shape index (κ1) is 12.7. The Bertz CT molecular complexity index is 309. The van der Waals surface area contributed by atoms with Crippen LogP contribution in [0.1, 0.15) is 26.5 Å². The van der Waals surface area contributed by atoms with E-state index in [2.05, 4.69) is 29.5 Å². The maximum Gasteiger partial charge on any atom is 0.236 e. The molecule has 0 bridgehead atoms. The van der Waals surface area contributed by atoms with Crippen molar-refractivity contribution >= 4 is 5.91 Å². The zero-order chi connectivity index (χ0) is 12.0. The fourth-order valence-corrected chi connectivity index (χ4v) is 1.13. The molecule has 0 aliphatic heterocycles. The molecule has 5 nitrogen and oxygen atoms in total. The van der Waals surface area contributed by atoms with Crippen LogP contribution in [0.25, 0.3) is 0 Å². The van der Waals surface area contributed by atoms with Crippen molar-refractivity contribution in [1.82, 2.24) is 15.6 Å². The molecular formula is C11H19N3O2. The van der Waals surface area contributed by atoms with Gasteiger partial charge in [0, 0.05) is 6.54 Å². The number of nitrogens with zero attached hydrogens (tertiary/aromatic N) is 1. The molecule has 0 spiro atoms. The number of hydrogen-bond donors (Lipinski definition) is 2. The largest absolute Gasteiger partial charge is 0.447 e. The van der Waals surface area contributed by atoms with Crippen LogP contribution in [0.3, 0.4) is 0 Å². The molecule has 1 amide bonds. The zero-order valence-corrected chi connectivity index (χ0v) is 9.99. The second-order valence-electron chi connectivity index (χ2n) is 4.21. The third kappa shape index (κ3) is 4.44. The molecule has 0 aromatic carbocycles. The Morgan fingerprint density at radius 2 is 2.25 bits per heavy atom. The van der Waals surface area contributed by atoms with E-state index >= 15 is 0 Å². The van der Waals surface area contributed by atoms with Crippen molar-refractivity contribution in [2.24, 2.45) is 5.92 Å². The third-order valence-corrected chi connectivity index (χ3v) is 2.14. The lowest BCUT2D eigenvalue weighted by Gasteiger charge is -2.14. The molecule has 0 radical (unpaired) electrons. The number of amides is 1. The first-order chi connectivity index (χ1) is 7.59. The molecule has 0 fully saturated rings. The highest BCUT2D eigenvalue weighted by molar-refractivity contribution is 5.81. The van der Waals surface area contributed by atoms with Gasteiger partial charge in [0.25, 0.3) is 0 Å². The standard InChI is InChI=1S/C11H19N3O2/c1-8(2)4-14-11(15)9(3)13-6-10-5-12-7-16-10/h5,7-9,13H,4,6H2,1-3H3,(H,14,15). The van der Waals surface area contributed by atoms with Gasteiger partial charge in [-0.1, -0.05) is 13.8 Å². The van der Waals surface area contributed by atoms with Gasteiger partial charge in [0.05, 0.1) is 18.8 Å². The van der Waals surface area contributed by atoms with Crippen LogP contribution in [0.2, 0.25) is 0 Å². The van der Waals surface area contributed by atoms with Crippen LogP contribution in [-0.4, -0.2) is 23.5 Å². The molecule has 2 N–H and O–H groups in total. The summed E-state index contributed by atoms with van der Waals surface area (Å²) in [4.78, 5) is 15.4. The van der Waals surface area contributed by atoms with Gasteiger partial charge in [-0.05, 0) is 12.8 Å². The summed E-state index contributed by atoms with van der Waals surface area (Å²) in [5.74, 6) is 1.20. The highest BCUT2D eigenvalue weighted by atomic mass is 16.3. The lowest BCUT2D eigenvalue weighted by atomic mass is 10.2. The van der Waals surface area contributed by atoms with E-state index in [1.807, 2.05) is 6.92 Å². The van der Waals surface area contributed by atoms with Gasteiger partial charge in [-0.15, -0.1) is 0 Å². The zero-order valence-electron chi connectivity index (χ0n) is 9.99. The van der Waals surface area contributed by atoms with Crippen LogP contribution in [0, 0.1) is 5.92 Å². The SMILES string of the molecule is CC(C)CNC(=O)C(C)NCc1cnco1. The summed E-state index contributed by atoms with van der Waals surface area (Å²) in [7, 11) is 0. The fourth-order valence-electron chi connectivity index (χ4n) is 1.13. The summed E-state index contributed by atoms with van der Waals surface area (Å²) in [5, 5.41) is 5.93. The minimum atomic E-state index is -0.233. The number of nitrogens with one attached hydrogen (secondary N) is 2. The molecule has 1 unspecified atom stereocenters. The molecule has 0 aliphatic carbocycles. The topological polar surface area (TPSA) is 67.2 Å². The van der Waals surface area contributed by atoms with Gasteiger partial charge in [0.2, 0.25) is 5.91 Å². The predicted molar refractivity (Wildman–Crippen MR) is 60.7 cm³/mol. The van der Waals surface area contributed by atoms with Crippen molar-refractivity contribution < 1.29 is 9.21 Å². The molecule has 1 atom stereocenters. The molecule has 16 heavy (non-hydrogen) atoms. The third-order valence-electron chi connectivity index (χ3n) is 2.14. The highest BCUT2D eigenvalue weighted by Crippen LogP contribution is 1.96. The van der Waals surface area contributed by atoms with Gasteiger partial charge < -0.3 is 9.73 Å². The maximum absolute atomic E-state index is 11.6. The van der Waals surface area contributed by atoms with Crippen LogP contribution in [0.4, 0.5) is 0 Å². The van der Waals surface area contributed by atoms with Crippen molar-refractivity contribution in [1.29, 1.82) is 0 Å². The van der Waals surface area contributed by atoms with Gasteiger partial charge in [-0.2, -0.15) is 0 Å². The Labute approximate surface area is 95.6 Å². The van der Waals surface area contributed by atoms with Gasteiger partial charge >= 0.3 is 0 Å². The van der Waals surface area contributed by atoms with Crippen LogP contribution in [-0.2, 0) is 11.3 Å². The summed E-state index contributed by atoms with van der Waals surface area (Å²) in [6.07, 6.45) is 3.01. The highest BCUT2D eigenvalue weighted by Gasteiger charge is 2.12. The second kappa shape index (κ2) is 6.27. The Hall–Kier alpha value is -1.36. The van der Waals surface area contributed by atoms with Gasteiger partial charge in [-0.25, -0.2) is 4.98 Å². The van der Waals surface area contributed by atoms with E-state index < -0.39 is 0 Å². The van der Waals surface area contributed by atoms with Crippen molar-refractivity contribution in [3.8, 4) is 0 Å². The number of rotatable bonds is 6. The molecule has 5 heteroatoms. The normalized spacial score (nSPS) is 12.8. The molecule has 1 rings (SSSR count). The summed E-state index contributed by atoms with van der Waals surface area (Å²) in [6, 6.07) is -0.233. The average molecular weight is 225 g/mol. The summed E-state index contributed by atoms with van der Waals surface area (Å²) in [5.41, 5.74) is 0. The van der Waals surface area contributed by atoms with Crippen LogP contribution in [0.5, 0.6) is 0 Å². The average Bonchev–Trinajstić information content (AvgIpc) is 2.75. The van der Waals surface area contributed by atoms with Gasteiger partial charge in [0.1, 0.15) is 5.76 Å². The summed E-state index contributed by atoms with van der Waals surface area (Å²) in [6.45, 7) is 7.16. The summed E-state index contributed by atoms with van der Waals surface area (Å²) < 4.78 is 5.06. The fraction of sp³-hybridized carbons (Fsp3) is 0.636. The van der Waals surface area contributed by atoms with E-state index in [0.29, 0.717) is 19.0 Å². The molecular weight excluding hydrogens is 206 g/mol. The molecule has 1 aromatic rings. The van der Waals surface area contributed by atoms with E-state index in [-0.39, 0.29) is 11.9 Å². The second-order valence-corrected chi connectivity index (χ2v) is 4.21. The first-order valence-electron chi connectivity index (χ1n) is 5.48.